The number of benzene rings is 1. The zero-order valence-electron chi connectivity index (χ0n) is 10.8. The van der Waals surface area contributed by atoms with Crippen LogP contribution in [0.25, 0.3) is 0 Å². The maximum atomic E-state index is 3.54. The number of halogens is 1. The summed E-state index contributed by atoms with van der Waals surface area (Å²) >= 11 is 3.51. The highest BCUT2D eigenvalue weighted by Gasteiger charge is 2.43. The van der Waals surface area contributed by atoms with Crippen LogP contribution >= 0.6 is 15.9 Å². The molecule has 0 unspecified atom stereocenters. The maximum absolute atomic E-state index is 3.54. The Kier molecular flexibility index (Phi) is 4.26. The third kappa shape index (κ3) is 2.74. The molecular formula is C15H22BrN. The molecule has 1 aromatic carbocycles. The van der Waals surface area contributed by atoms with Gasteiger partial charge >= 0.3 is 0 Å². The predicted octanol–water partition coefficient (Wildman–Crippen LogP) is 4.12. The van der Waals surface area contributed by atoms with Gasteiger partial charge in [-0.15, -0.1) is 0 Å². The topological polar surface area (TPSA) is 12.0 Å². The molecule has 0 aromatic heterocycles. The minimum absolute atomic E-state index is 0.400. The Hall–Kier alpha value is -0.340. The van der Waals surface area contributed by atoms with Gasteiger partial charge in [-0.1, -0.05) is 48.3 Å². The summed E-state index contributed by atoms with van der Waals surface area (Å²) in [5.41, 5.74) is 1.91. The molecule has 0 heterocycles. The van der Waals surface area contributed by atoms with Crippen molar-refractivity contribution < 1.29 is 0 Å². The van der Waals surface area contributed by atoms with Gasteiger partial charge in [0.05, 0.1) is 0 Å². The number of nitrogens with one attached hydrogen (secondary N) is 1. The van der Waals surface area contributed by atoms with Crippen LogP contribution in [0.5, 0.6) is 0 Å². The van der Waals surface area contributed by atoms with E-state index in [4.69, 9.17) is 0 Å². The smallest absolute Gasteiger partial charge is 0.0175 e. The third-order valence-corrected chi connectivity index (χ3v) is 4.63. The van der Waals surface area contributed by atoms with Crippen molar-refractivity contribution in [1.82, 2.24) is 5.32 Å². The molecule has 0 bridgehead atoms. The van der Waals surface area contributed by atoms with Gasteiger partial charge < -0.3 is 5.32 Å². The fraction of sp³-hybridized carbons (Fsp3) is 0.600. The molecular weight excluding hydrogens is 274 g/mol. The van der Waals surface area contributed by atoms with Gasteiger partial charge in [0.15, 0.2) is 0 Å². The summed E-state index contributed by atoms with van der Waals surface area (Å²) in [5, 5.41) is 3.54. The zero-order chi connectivity index (χ0) is 12.3. The molecule has 0 radical (unpaired) electrons. The van der Waals surface area contributed by atoms with Gasteiger partial charge in [0, 0.05) is 16.4 Å². The molecule has 0 spiro atoms. The average molecular weight is 296 g/mol. The van der Waals surface area contributed by atoms with Gasteiger partial charge in [-0.25, -0.2) is 0 Å². The van der Waals surface area contributed by atoms with Gasteiger partial charge in [0.1, 0.15) is 0 Å². The molecule has 0 amide bonds. The molecule has 2 heteroatoms. The van der Waals surface area contributed by atoms with Crippen LogP contribution in [0.15, 0.2) is 28.7 Å². The van der Waals surface area contributed by atoms with Crippen molar-refractivity contribution in [3.05, 3.63) is 34.3 Å². The van der Waals surface area contributed by atoms with Crippen molar-refractivity contribution >= 4 is 15.9 Å². The number of rotatable bonds is 5. The second-order valence-corrected chi connectivity index (χ2v) is 6.17. The van der Waals surface area contributed by atoms with Crippen molar-refractivity contribution in [2.45, 2.75) is 38.5 Å². The summed E-state index contributed by atoms with van der Waals surface area (Å²) in [6.45, 7) is 6.69. The lowest BCUT2D eigenvalue weighted by atomic mass is 9.58. The Morgan fingerprint density at radius 3 is 2.41 bits per heavy atom. The molecule has 1 aromatic rings. The monoisotopic (exact) mass is 295 g/mol. The molecule has 1 nitrogen and oxygen atoms in total. The first kappa shape index (κ1) is 13.1. The van der Waals surface area contributed by atoms with Crippen molar-refractivity contribution in [1.29, 1.82) is 0 Å². The number of hydrogen-bond donors (Lipinski definition) is 1. The lowest BCUT2D eigenvalue weighted by Gasteiger charge is -2.48. The van der Waals surface area contributed by atoms with Crippen molar-refractivity contribution in [2.75, 3.05) is 13.1 Å². The summed E-state index contributed by atoms with van der Waals surface area (Å²) in [4.78, 5) is 0. The molecule has 1 N–H and O–H groups in total. The Balaban J connectivity index is 2.13. The van der Waals surface area contributed by atoms with E-state index < -0.39 is 0 Å². The standard InChI is InChI=1S/C15H22BrN/c1-3-12-9-15(10-12,11-17-4-2)13-5-7-14(16)8-6-13/h5-8,12,17H,3-4,9-11H2,1-2H3. The number of likely N-dealkylation sites (N-methyl/N-ethyl adjacent to an activating group) is 1. The first-order valence-electron chi connectivity index (χ1n) is 6.67. The normalized spacial score (nSPS) is 27.8. The van der Waals surface area contributed by atoms with Crippen molar-refractivity contribution in [2.24, 2.45) is 5.92 Å². The molecule has 1 aliphatic carbocycles. The first-order valence-corrected chi connectivity index (χ1v) is 7.46. The van der Waals surface area contributed by atoms with Gasteiger partial charge in [0.25, 0.3) is 0 Å². The fourth-order valence-corrected chi connectivity index (χ4v) is 3.25. The molecule has 0 atom stereocenters. The average Bonchev–Trinajstić information content (AvgIpc) is 2.30. The van der Waals surface area contributed by atoms with Crippen molar-refractivity contribution in [3.8, 4) is 0 Å². The van der Waals surface area contributed by atoms with E-state index in [1.54, 1.807) is 0 Å². The fourth-order valence-electron chi connectivity index (χ4n) is 2.98. The molecule has 94 valence electrons. The van der Waals surface area contributed by atoms with E-state index >= 15 is 0 Å². The van der Waals surface area contributed by atoms with E-state index in [0.717, 1.165) is 19.0 Å². The largest absolute Gasteiger partial charge is 0.316 e. The summed E-state index contributed by atoms with van der Waals surface area (Å²) in [6, 6.07) is 8.91. The molecule has 1 saturated carbocycles. The van der Waals surface area contributed by atoms with Crippen LogP contribution in [0.1, 0.15) is 38.7 Å². The third-order valence-electron chi connectivity index (χ3n) is 4.11. The summed E-state index contributed by atoms with van der Waals surface area (Å²) in [5.74, 6) is 0.928. The second-order valence-electron chi connectivity index (χ2n) is 5.25. The Morgan fingerprint density at radius 1 is 1.24 bits per heavy atom. The minimum Gasteiger partial charge on any atom is -0.316 e. The Bertz CT molecular complexity index is 346. The SMILES string of the molecule is CCNCC1(c2ccc(Br)cc2)CC(CC)C1. The minimum atomic E-state index is 0.400. The highest BCUT2D eigenvalue weighted by Crippen LogP contribution is 2.48. The van der Waals surface area contributed by atoms with E-state index in [0.29, 0.717) is 5.41 Å². The predicted molar refractivity (Wildman–Crippen MR) is 77.4 cm³/mol. The molecule has 1 aliphatic rings. The Labute approximate surface area is 113 Å². The van der Waals surface area contributed by atoms with Crippen LogP contribution in [0, 0.1) is 5.92 Å². The van der Waals surface area contributed by atoms with Crippen LogP contribution in [0.2, 0.25) is 0 Å². The van der Waals surface area contributed by atoms with Gasteiger partial charge in [-0.2, -0.15) is 0 Å². The van der Waals surface area contributed by atoms with Crippen LogP contribution in [0.4, 0.5) is 0 Å². The van der Waals surface area contributed by atoms with Gasteiger partial charge in [0.2, 0.25) is 0 Å². The molecule has 17 heavy (non-hydrogen) atoms. The maximum Gasteiger partial charge on any atom is 0.0175 e. The summed E-state index contributed by atoms with van der Waals surface area (Å²) in [6.07, 6.45) is 4.01. The molecule has 0 aliphatic heterocycles. The quantitative estimate of drug-likeness (QED) is 0.862. The van der Waals surface area contributed by atoms with Gasteiger partial charge in [-0.05, 0) is 43.0 Å². The van der Waals surface area contributed by atoms with Crippen LogP contribution < -0.4 is 5.32 Å². The number of hydrogen-bond acceptors (Lipinski definition) is 1. The zero-order valence-corrected chi connectivity index (χ0v) is 12.4. The van der Waals surface area contributed by atoms with Crippen LogP contribution in [-0.4, -0.2) is 13.1 Å². The lowest BCUT2D eigenvalue weighted by molar-refractivity contribution is 0.134. The van der Waals surface area contributed by atoms with E-state index in [2.05, 4.69) is 59.4 Å². The lowest BCUT2D eigenvalue weighted by Crippen LogP contribution is -2.48. The molecule has 2 rings (SSSR count). The van der Waals surface area contributed by atoms with Gasteiger partial charge in [-0.3, -0.25) is 0 Å². The van der Waals surface area contributed by atoms with Crippen LogP contribution in [-0.2, 0) is 5.41 Å². The van der Waals surface area contributed by atoms with Crippen LogP contribution in [0.3, 0.4) is 0 Å². The first-order chi connectivity index (χ1) is 8.20. The molecule has 1 fully saturated rings. The highest BCUT2D eigenvalue weighted by atomic mass is 79.9. The summed E-state index contributed by atoms with van der Waals surface area (Å²) in [7, 11) is 0. The highest BCUT2D eigenvalue weighted by molar-refractivity contribution is 9.10. The Morgan fingerprint density at radius 2 is 1.88 bits per heavy atom. The van der Waals surface area contributed by atoms with E-state index in [9.17, 15) is 0 Å². The summed E-state index contributed by atoms with van der Waals surface area (Å²) < 4.78 is 1.17. The van der Waals surface area contributed by atoms with E-state index in [1.807, 2.05) is 0 Å². The van der Waals surface area contributed by atoms with E-state index in [1.165, 1.54) is 29.3 Å². The van der Waals surface area contributed by atoms with E-state index in [-0.39, 0.29) is 0 Å². The molecule has 0 saturated heterocycles. The second kappa shape index (κ2) is 5.53. The van der Waals surface area contributed by atoms with Crippen molar-refractivity contribution in [3.63, 3.8) is 0 Å².